The van der Waals surface area contributed by atoms with Crippen LogP contribution in [-0.4, -0.2) is 32.9 Å². The van der Waals surface area contributed by atoms with E-state index in [0.29, 0.717) is 6.04 Å². The third-order valence-corrected chi connectivity index (χ3v) is 0. The molecule has 0 saturated carbocycles. The van der Waals surface area contributed by atoms with Crippen molar-refractivity contribution in [1.82, 2.24) is 0 Å². The molecule has 0 saturated heterocycles. The summed E-state index contributed by atoms with van der Waals surface area (Å²) < 4.78 is 0. The van der Waals surface area contributed by atoms with E-state index < -0.39 is 0 Å². The van der Waals surface area contributed by atoms with Gasteiger partial charge in [-0.25, -0.2) is 0 Å². The molecule has 0 bridgehead atoms. The first kappa shape index (κ1) is 51.0. The molecule has 0 aliphatic heterocycles. The molecular weight excluding hydrogens is 225 g/mol. The highest BCUT2D eigenvalue weighted by Crippen LogP contribution is 1.58. The second-order valence-electron chi connectivity index (χ2n) is 1.24. The topological polar surface area (TPSA) is 121 Å². The van der Waals surface area contributed by atoms with Crippen LogP contribution in [0.3, 0.4) is 0 Å². The average Bonchev–Trinajstić information content (AvgIpc) is 2.16. The monoisotopic (exact) mass is 247 g/mol. The number of nitrogens with one attached hydrogen (secondary N) is 4. The smallest absolute Gasteiger partial charge is 0.00179 e. The molecule has 0 aromatic rings. The van der Waals surface area contributed by atoms with Crippen molar-refractivity contribution < 1.29 is 0 Å². The van der Waals surface area contributed by atoms with Gasteiger partial charge >= 0.3 is 0 Å². The van der Waals surface area contributed by atoms with Crippen LogP contribution in [0, 0.1) is 21.6 Å². The molecule has 0 atom stereocenters. The zero-order chi connectivity index (χ0) is 11.6. The van der Waals surface area contributed by atoms with Gasteiger partial charge in [0.2, 0.25) is 0 Å². The van der Waals surface area contributed by atoms with E-state index in [2.05, 4.69) is 26.9 Å². The van der Waals surface area contributed by atoms with E-state index >= 15 is 0 Å². The highest BCUT2D eigenvalue weighted by atomic mass is 35.5. The van der Waals surface area contributed by atoms with Crippen LogP contribution in [0.4, 0.5) is 0 Å². The lowest BCUT2D eigenvalue weighted by molar-refractivity contribution is 0.834. The largest absolute Gasteiger partial charge is 0.328 e. The van der Waals surface area contributed by atoms with Crippen molar-refractivity contribution in [2.24, 2.45) is 5.73 Å². The lowest BCUT2D eigenvalue weighted by Crippen LogP contribution is -2.06. The summed E-state index contributed by atoms with van der Waals surface area (Å²) in [5.74, 6) is 0. The Morgan fingerprint density at radius 2 is 0.714 bits per heavy atom. The van der Waals surface area contributed by atoms with Crippen LogP contribution in [-0.2, 0) is 0 Å². The molecule has 0 aliphatic carbocycles. The number of halogens is 2. The van der Waals surface area contributed by atoms with Crippen molar-refractivity contribution in [1.29, 1.82) is 21.6 Å². The Kier molecular flexibility index (Phi) is 1140. The number of nitrogens with two attached hydrogens (primary N) is 1. The van der Waals surface area contributed by atoms with Crippen LogP contribution in [0.5, 0.6) is 0 Å². The van der Waals surface area contributed by atoms with Gasteiger partial charge in [-0.05, 0) is 32.9 Å². The molecule has 0 aromatic carbocycles. The molecule has 5 nitrogen and oxygen atoms in total. The minimum Gasteiger partial charge on any atom is -0.328 e. The third kappa shape index (κ3) is 1930. The second-order valence-corrected chi connectivity index (χ2v) is 1.24. The Morgan fingerprint density at radius 3 is 0.714 bits per heavy atom. The summed E-state index contributed by atoms with van der Waals surface area (Å²) in [5, 5.41) is 22.0. The average molecular weight is 248 g/mol. The quantitative estimate of drug-likeness (QED) is 0.415. The zero-order valence-electron chi connectivity index (χ0n) is 8.80. The Balaban J connectivity index is -0.00000000887. The lowest BCUT2D eigenvalue weighted by atomic mass is 10.5. The molecule has 0 aromatic heterocycles. The Morgan fingerprint density at radius 1 is 0.714 bits per heavy atom. The molecule has 14 heavy (non-hydrogen) atoms. The first-order valence-electron chi connectivity index (χ1n) is 2.90. The Labute approximate surface area is 99.3 Å². The van der Waals surface area contributed by atoms with E-state index in [0.717, 1.165) is 0 Å². The van der Waals surface area contributed by atoms with E-state index in [1.54, 1.807) is 0 Å². The molecule has 0 amide bonds. The fourth-order valence-corrected chi connectivity index (χ4v) is 0. The van der Waals surface area contributed by atoms with Crippen LogP contribution >= 0.6 is 24.8 Å². The standard InChI is InChI=1S/C3H9N.4CH3N.2ClH/c1-3(2)4;4*1-2;;/h3H,4H2,1-2H3;4*2H,1H2;2*1H. The normalized spacial score (nSPS) is 3.71. The van der Waals surface area contributed by atoms with Gasteiger partial charge in [0.1, 0.15) is 0 Å². The summed E-state index contributed by atoms with van der Waals surface area (Å²) in [6, 6.07) is 0.333. The highest BCUT2D eigenvalue weighted by molar-refractivity contribution is 5.85. The SMILES string of the molecule is C=N.C=N.C=N.C=N.CC(C)N.Cl.Cl. The first-order valence-corrected chi connectivity index (χ1v) is 2.90. The number of rotatable bonds is 0. The second kappa shape index (κ2) is 312. The van der Waals surface area contributed by atoms with Crippen LogP contribution in [0.2, 0.25) is 0 Å². The van der Waals surface area contributed by atoms with Gasteiger partial charge < -0.3 is 27.4 Å². The number of hydrogen-bond donors (Lipinski definition) is 5. The van der Waals surface area contributed by atoms with Crippen LogP contribution in [0.1, 0.15) is 13.8 Å². The van der Waals surface area contributed by atoms with Gasteiger partial charge in [0, 0.05) is 0 Å². The van der Waals surface area contributed by atoms with Crippen LogP contribution in [0.25, 0.3) is 0 Å². The molecule has 6 N–H and O–H groups in total. The van der Waals surface area contributed by atoms with Gasteiger partial charge in [-0.3, -0.25) is 0 Å². The molecule has 0 radical (unpaired) electrons. The predicted molar refractivity (Wildman–Crippen MR) is 73.2 cm³/mol. The van der Waals surface area contributed by atoms with E-state index in [1.165, 1.54) is 0 Å². The minimum atomic E-state index is 0. The van der Waals surface area contributed by atoms with E-state index in [4.69, 9.17) is 27.4 Å². The molecule has 0 fully saturated rings. The Bertz CT molecular complexity index is 46.6. The molecule has 0 unspecified atom stereocenters. The van der Waals surface area contributed by atoms with Crippen molar-refractivity contribution in [3.8, 4) is 0 Å². The lowest BCUT2D eigenvalue weighted by Gasteiger charge is -1.81. The maximum atomic E-state index is 5.50. The fraction of sp³-hybridized carbons (Fsp3) is 0.429. The predicted octanol–water partition coefficient (Wildman–Crippen LogP) is 2.26. The fourth-order valence-electron chi connectivity index (χ4n) is 0. The maximum Gasteiger partial charge on any atom is -0.00179 e. The molecular formula is C7H23Cl2N5. The summed E-state index contributed by atoms with van der Waals surface area (Å²) >= 11 is 0. The molecule has 0 rings (SSSR count). The van der Waals surface area contributed by atoms with Crippen molar-refractivity contribution in [3.05, 3.63) is 0 Å². The molecule has 0 spiro atoms. The summed E-state index contributed by atoms with van der Waals surface area (Å²) in [4.78, 5) is 0. The summed E-state index contributed by atoms with van der Waals surface area (Å²) in [6.07, 6.45) is 0. The summed E-state index contributed by atoms with van der Waals surface area (Å²) in [5.41, 5.74) is 5.11. The van der Waals surface area contributed by atoms with E-state index in [1.807, 2.05) is 13.8 Å². The first-order chi connectivity index (χ1) is 5.73. The molecule has 0 aliphatic rings. The molecule has 90 valence electrons. The van der Waals surface area contributed by atoms with Gasteiger partial charge in [0.25, 0.3) is 0 Å². The van der Waals surface area contributed by atoms with Crippen LogP contribution < -0.4 is 5.73 Å². The summed E-state index contributed by atoms with van der Waals surface area (Å²) in [7, 11) is 0. The van der Waals surface area contributed by atoms with Crippen molar-refractivity contribution in [2.45, 2.75) is 19.9 Å². The highest BCUT2D eigenvalue weighted by Gasteiger charge is 1.67. The number of hydrogen-bond acceptors (Lipinski definition) is 5. The zero-order valence-corrected chi connectivity index (χ0v) is 10.4. The van der Waals surface area contributed by atoms with Gasteiger partial charge in [-0.1, -0.05) is 13.8 Å². The Hall–Kier alpha value is -0.780. The van der Waals surface area contributed by atoms with Gasteiger partial charge in [0.15, 0.2) is 0 Å². The van der Waals surface area contributed by atoms with Gasteiger partial charge in [-0.15, -0.1) is 24.8 Å². The minimum absolute atomic E-state index is 0. The van der Waals surface area contributed by atoms with Crippen LogP contribution in [0.15, 0.2) is 0 Å². The molecule has 0 heterocycles. The van der Waals surface area contributed by atoms with Crippen molar-refractivity contribution in [2.75, 3.05) is 0 Å². The maximum absolute atomic E-state index is 5.50. The van der Waals surface area contributed by atoms with Crippen molar-refractivity contribution in [3.63, 3.8) is 0 Å². The van der Waals surface area contributed by atoms with Gasteiger partial charge in [-0.2, -0.15) is 0 Å². The van der Waals surface area contributed by atoms with Gasteiger partial charge in [0.05, 0.1) is 0 Å². The molecule has 7 heteroatoms. The van der Waals surface area contributed by atoms with E-state index in [-0.39, 0.29) is 24.8 Å². The third-order valence-electron chi connectivity index (χ3n) is 0. The summed E-state index contributed by atoms with van der Waals surface area (Å²) in [6.45, 7) is 13.9. The van der Waals surface area contributed by atoms with E-state index in [9.17, 15) is 0 Å². The van der Waals surface area contributed by atoms with Crippen molar-refractivity contribution >= 4 is 51.7 Å².